The molecule has 0 aromatic heterocycles. The summed E-state index contributed by atoms with van der Waals surface area (Å²) in [6.45, 7) is 0.350. The summed E-state index contributed by atoms with van der Waals surface area (Å²) in [5.74, 6) is -2.58. The van der Waals surface area contributed by atoms with Gasteiger partial charge in [0.05, 0.1) is 12.6 Å². The fourth-order valence-corrected chi connectivity index (χ4v) is 3.22. The maximum Gasteiger partial charge on any atom is 0.326 e. The molecular weight excluding hydrogens is 396 g/mol. The van der Waals surface area contributed by atoms with Gasteiger partial charge in [-0.1, -0.05) is 30.3 Å². The first-order valence-electron chi connectivity index (χ1n) is 9.39. The van der Waals surface area contributed by atoms with Crippen molar-refractivity contribution >= 4 is 36.3 Å². The Balaban J connectivity index is 1.81. The number of carbonyl (C=O) groups excluding carboxylic acids is 3. The quantitative estimate of drug-likeness (QED) is 0.270. The average molecular weight is 423 g/mol. The number of hydrogen-bond acceptors (Lipinski definition) is 6. The molecule has 1 heterocycles. The van der Waals surface area contributed by atoms with Crippen LogP contribution in [-0.4, -0.2) is 65.8 Å². The summed E-state index contributed by atoms with van der Waals surface area (Å²) in [7, 11) is 0. The third-order valence-electron chi connectivity index (χ3n) is 4.53. The monoisotopic (exact) mass is 422 g/mol. The van der Waals surface area contributed by atoms with Crippen LogP contribution in [0.25, 0.3) is 0 Å². The number of thiol groups is 1. The standard InChI is InChI=1S/C19H26N4O5S/c24-16(22-14(19(27)28)9-12-5-2-1-3-6-12)10-21-17(25)15(11-29)23-18(26)13-7-4-8-20-13/h1-3,5-6,13-15,20,29H,4,7-11H2,(H,21,25)(H,22,24)(H,23,26)(H,27,28). The minimum atomic E-state index is -1.17. The summed E-state index contributed by atoms with van der Waals surface area (Å²) < 4.78 is 0. The molecule has 3 atom stereocenters. The molecule has 10 heteroatoms. The van der Waals surface area contributed by atoms with Gasteiger partial charge in [0.1, 0.15) is 12.1 Å². The van der Waals surface area contributed by atoms with Crippen LogP contribution in [0, 0.1) is 0 Å². The molecule has 1 saturated heterocycles. The fraction of sp³-hybridized carbons (Fsp3) is 0.474. The van der Waals surface area contributed by atoms with Crippen molar-refractivity contribution in [1.82, 2.24) is 21.3 Å². The average Bonchev–Trinajstić information content (AvgIpc) is 3.25. The summed E-state index contributed by atoms with van der Waals surface area (Å²) in [5, 5.41) is 19.8. The van der Waals surface area contributed by atoms with Crippen LogP contribution >= 0.6 is 12.6 Å². The van der Waals surface area contributed by atoms with E-state index in [1.807, 2.05) is 6.07 Å². The Morgan fingerprint density at radius 2 is 1.86 bits per heavy atom. The Morgan fingerprint density at radius 3 is 2.45 bits per heavy atom. The topological polar surface area (TPSA) is 137 Å². The second kappa shape index (κ2) is 11.4. The van der Waals surface area contributed by atoms with E-state index in [0.29, 0.717) is 6.42 Å². The highest BCUT2D eigenvalue weighted by Crippen LogP contribution is 2.05. The predicted molar refractivity (Wildman–Crippen MR) is 110 cm³/mol. The Kier molecular flexibility index (Phi) is 8.94. The van der Waals surface area contributed by atoms with Gasteiger partial charge in [0.25, 0.3) is 0 Å². The number of amides is 3. The van der Waals surface area contributed by atoms with Gasteiger partial charge in [-0.2, -0.15) is 12.6 Å². The van der Waals surface area contributed by atoms with Gasteiger partial charge in [-0.25, -0.2) is 4.79 Å². The maximum absolute atomic E-state index is 12.2. The van der Waals surface area contributed by atoms with Crippen LogP contribution in [-0.2, 0) is 25.6 Å². The van der Waals surface area contributed by atoms with Crippen LogP contribution in [0.4, 0.5) is 0 Å². The van der Waals surface area contributed by atoms with Gasteiger partial charge in [0.15, 0.2) is 0 Å². The molecule has 1 aliphatic heterocycles. The van der Waals surface area contributed by atoms with Crippen molar-refractivity contribution in [3.63, 3.8) is 0 Å². The molecule has 29 heavy (non-hydrogen) atoms. The lowest BCUT2D eigenvalue weighted by molar-refractivity contribution is -0.141. The van der Waals surface area contributed by atoms with Crippen molar-refractivity contribution in [3.05, 3.63) is 35.9 Å². The van der Waals surface area contributed by atoms with E-state index in [1.165, 1.54) is 0 Å². The Bertz CT molecular complexity index is 725. The number of carbonyl (C=O) groups is 4. The minimum absolute atomic E-state index is 0.0671. The fourth-order valence-electron chi connectivity index (χ4n) is 2.96. The van der Waals surface area contributed by atoms with Gasteiger partial charge >= 0.3 is 5.97 Å². The van der Waals surface area contributed by atoms with E-state index in [9.17, 15) is 24.3 Å². The number of rotatable bonds is 10. The molecule has 0 aliphatic carbocycles. The number of carboxylic acid groups (broad SMARTS) is 1. The van der Waals surface area contributed by atoms with Crippen LogP contribution in [0.5, 0.6) is 0 Å². The lowest BCUT2D eigenvalue weighted by atomic mass is 10.1. The zero-order chi connectivity index (χ0) is 21.2. The van der Waals surface area contributed by atoms with Gasteiger partial charge in [0.2, 0.25) is 17.7 Å². The highest BCUT2D eigenvalue weighted by atomic mass is 32.1. The van der Waals surface area contributed by atoms with Gasteiger partial charge in [-0.15, -0.1) is 0 Å². The number of hydrogen-bond donors (Lipinski definition) is 6. The molecule has 1 fully saturated rings. The second-order valence-corrected chi connectivity index (χ2v) is 7.12. The van der Waals surface area contributed by atoms with Crippen LogP contribution in [0.2, 0.25) is 0 Å². The first kappa shape index (κ1) is 22.7. The smallest absolute Gasteiger partial charge is 0.326 e. The number of nitrogens with one attached hydrogen (secondary N) is 4. The van der Waals surface area contributed by atoms with Crippen LogP contribution in [0.15, 0.2) is 30.3 Å². The van der Waals surface area contributed by atoms with Gasteiger partial charge in [-0.3, -0.25) is 14.4 Å². The summed E-state index contributed by atoms with van der Waals surface area (Å²) in [5.41, 5.74) is 0.766. The molecule has 3 amide bonds. The number of benzene rings is 1. The molecule has 0 spiro atoms. The molecule has 9 nitrogen and oxygen atoms in total. The second-order valence-electron chi connectivity index (χ2n) is 6.76. The van der Waals surface area contributed by atoms with E-state index in [4.69, 9.17) is 0 Å². The highest BCUT2D eigenvalue weighted by molar-refractivity contribution is 7.80. The van der Waals surface area contributed by atoms with Crippen LogP contribution in [0.1, 0.15) is 18.4 Å². The molecule has 1 aliphatic rings. The molecule has 158 valence electrons. The van der Waals surface area contributed by atoms with Crippen molar-refractivity contribution in [3.8, 4) is 0 Å². The van der Waals surface area contributed by atoms with Crippen molar-refractivity contribution in [2.75, 3.05) is 18.8 Å². The SMILES string of the molecule is O=C(CNC(=O)C(CS)NC(=O)C1CCCN1)NC(Cc1ccccc1)C(=O)O. The zero-order valence-electron chi connectivity index (χ0n) is 15.9. The maximum atomic E-state index is 12.2. The third kappa shape index (κ3) is 7.39. The third-order valence-corrected chi connectivity index (χ3v) is 4.90. The molecule has 0 radical (unpaired) electrons. The lowest BCUT2D eigenvalue weighted by Crippen LogP contribution is -2.54. The summed E-state index contributed by atoms with van der Waals surface area (Å²) in [4.78, 5) is 47.9. The van der Waals surface area contributed by atoms with Gasteiger partial charge in [-0.05, 0) is 24.9 Å². The van der Waals surface area contributed by atoms with E-state index in [2.05, 4.69) is 33.9 Å². The summed E-state index contributed by atoms with van der Waals surface area (Å²) in [6.07, 6.45) is 1.72. The first-order chi connectivity index (χ1) is 13.9. The van der Waals surface area contributed by atoms with E-state index in [0.717, 1.165) is 18.5 Å². The lowest BCUT2D eigenvalue weighted by Gasteiger charge is -2.19. The van der Waals surface area contributed by atoms with Crippen LogP contribution < -0.4 is 21.3 Å². The number of carboxylic acids is 1. The van der Waals surface area contributed by atoms with Crippen molar-refractivity contribution in [2.24, 2.45) is 0 Å². The van der Waals surface area contributed by atoms with E-state index in [1.54, 1.807) is 24.3 Å². The normalized spacial score (nSPS) is 17.8. The Hall–Kier alpha value is -2.59. The molecule has 0 bridgehead atoms. The molecule has 1 aromatic rings. The zero-order valence-corrected chi connectivity index (χ0v) is 16.8. The highest BCUT2D eigenvalue weighted by Gasteiger charge is 2.27. The van der Waals surface area contributed by atoms with E-state index < -0.39 is 36.4 Å². The molecule has 3 unspecified atom stereocenters. The largest absolute Gasteiger partial charge is 0.480 e. The summed E-state index contributed by atoms with van der Waals surface area (Å²) >= 11 is 4.08. The molecule has 5 N–H and O–H groups in total. The number of aliphatic carboxylic acids is 1. The predicted octanol–water partition coefficient (Wildman–Crippen LogP) is -0.919. The Labute approximate surface area is 174 Å². The van der Waals surface area contributed by atoms with Gasteiger partial charge < -0.3 is 26.4 Å². The van der Waals surface area contributed by atoms with Crippen LogP contribution in [0.3, 0.4) is 0 Å². The molecule has 1 aromatic carbocycles. The van der Waals surface area contributed by atoms with Crippen molar-refractivity contribution in [1.29, 1.82) is 0 Å². The minimum Gasteiger partial charge on any atom is -0.480 e. The van der Waals surface area contributed by atoms with E-state index in [-0.39, 0.29) is 24.1 Å². The van der Waals surface area contributed by atoms with E-state index >= 15 is 0 Å². The van der Waals surface area contributed by atoms with Crippen molar-refractivity contribution < 1.29 is 24.3 Å². The summed E-state index contributed by atoms with van der Waals surface area (Å²) in [6, 6.07) is 6.57. The Morgan fingerprint density at radius 1 is 1.14 bits per heavy atom. The first-order valence-corrected chi connectivity index (χ1v) is 10.0. The molecule has 2 rings (SSSR count). The molecular formula is C19H26N4O5S. The molecule has 0 saturated carbocycles. The van der Waals surface area contributed by atoms with Crippen molar-refractivity contribution in [2.45, 2.75) is 37.4 Å². The van der Waals surface area contributed by atoms with Gasteiger partial charge in [0, 0.05) is 12.2 Å².